The number of aryl methyl sites for hydroxylation is 1. The summed E-state index contributed by atoms with van der Waals surface area (Å²) >= 11 is 0. The van der Waals surface area contributed by atoms with Crippen molar-refractivity contribution in [2.75, 3.05) is 13.7 Å². The van der Waals surface area contributed by atoms with Crippen molar-refractivity contribution in [1.82, 2.24) is 15.5 Å². The Kier molecular flexibility index (Phi) is 4.63. The third kappa shape index (κ3) is 3.09. The minimum Gasteiger partial charge on any atom is -0.493 e. The SMILES string of the molecule is CCOc1cc(CNC2CCCc3cn[nH]c32)ccc1OC. The Labute approximate surface area is 131 Å². The molecule has 1 aliphatic rings. The highest BCUT2D eigenvalue weighted by Crippen LogP contribution is 2.30. The molecule has 1 aliphatic carbocycles. The summed E-state index contributed by atoms with van der Waals surface area (Å²) in [5, 5.41) is 10.9. The molecule has 0 saturated heterocycles. The van der Waals surface area contributed by atoms with Crippen molar-refractivity contribution in [2.24, 2.45) is 0 Å². The number of nitrogens with zero attached hydrogens (tertiary/aromatic N) is 1. The highest BCUT2D eigenvalue weighted by Gasteiger charge is 2.21. The van der Waals surface area contributed by atoms with Crippen LogP contribution in [-0.4, -0.2) is 23.9 Å². The van der Waals surface area contributed by atoms with E-state index < -0.39 is 0 Å². The van der Waals surface area contributed by atoms with Crippen molar-refractivity contribution in [3.8, 4) is 11.5 Å². The molecule has 5 heteroatoms. The van der Waals surface area contributed by atoms with Gasteiger partial charge in [0.1, 0.15) is 0 Å². The van der Waals surface area contributed by atoms with Crippen LogP contribution in [0.15, 0.2) is 24.4 Å². The van der Waals surface area contributed by atoms with Gasteiger partial charge in [-0.15, -0.1) is 0 Å². The molecule has 1 aromatic heterocycles. The van der Waals surface area contributed by atoms with E-state index >= 15 is 0 Å². The van der Waals surface area contributed by atoms with Gasteiger partial charge in [-0.2, -0.15) is 5.10 Å². The Bertz CT molecular complexity index is 624. The van der Waals surface area contributed by atoms with Gasteiger partial charge in [0.15, 0.2) is 11.5 Å². The number of H-pyrrole nitrogens is 1. The lowest BCUT2D eigenvalue weighted by Crippen LogP contribution is -2.24. The number of aromatic nitrogens is 2. The second-order valence-corrected chi connectivity index (χ2v) is 5.55. The normalized spacial score (nSPS) is 17.1. The minimum atomic E-state index is 0.351. The van der Waals surface area contributed by atoms with E-state index in [-0.39, 0.29) is 0 Å². The van der Waals surface area contributed by atoms with Gasteiger partial charge in [-0.1, -0.05) is 6.07 Å². The van der Waals surface area contributed by atoms with Gasteiger partial charge >= 0.3 is 0 Å². The highest BCUT2D eigenvalue weighted by molar-refractivity contribution is 5.43. The molecular formula is C17H23N3O2. The van der Waals surface area contributed by atoms with E-state index in [9.17, 15) is 0 Å². The summed E-state index contributed by atoms with van der Waals surface area (Å²) in [6.45, 7) is 3.41. The number of nitrogens with one attached hydrogen (secondary N) is 2. The summed E-state index contributed by atoms with van der Waals surface area (Å²) in [6, 6.07) is 6.44. The van der Waals surface area contributed by atoms with Crippen molar-refractivity contribution in [1.29, 1.82) is 0 Å². The Morgan fingerprint density at radius 1 is 1.36 bits per heavy atom. The van der Waals surface area contributed by atoms with E-state index in [4.69, 9.17) is 9.47 Å². The maximum atomic E-state index is 5.64. The monoisotopic (exact) mass is 301 g/mol. The predicted octanol–water partition coefficient (Wildman–Crippen LogP) is 2.98. The molecule has 0 aliphatic heterocycles. The topological polar surface area (TPSA) is 59.2 Å². The summed E-state index contributed by atoms with van der Waals surface area (Å²) < 4.78 is 11.0. The average Bonchev–Trinajstić information content (AvgIpc) is 3.02. The van der Waals surface area contributed by atoms with Crippen LogP contribution in [0.2, 0.25) is 0 Å². The Balaban J connectivity index is 1.68. The largest absolute Gasteiger partial charge is 0.493 e. The number of ether oxygens (including phenoxy) is 2. The van der Waals surface area contributed by atoms with E-state index in [0.29, 0.717) is 12.6 Å². The first kappa shape index (κ1) is 14.9. The van der Waals surface area contributed by atoms with Crippen LogP contribution >= 0.6 is 0 Å². The molecular weight excluding hydrogens is 278 g/mol. The van der Waals surface area contributed by atoms with Crippen molar-refractivity contribution < 1.29 is 9.47 Å². The quantitative estimate of drug-likeness (QED) is 0.861. The molecule has 0 fully saturated rings. The molecule has 5 nitrogen and oxygen atoms in total. The standard InChI is InChI=1S/C17H23N3O2/c1-3-22-16-9-12(7-8-15(16)21-2)10-18-14-6-4-5-13-11-19-20-17(13)14/h7-9,11,14,18H,3-6,10H2,1-2H3,(H,19,20). The van der Waals surface area contributed by atoms with E-state index in [1.54, 1.807) is 7.11 Å². The Morgan fingerprint density at radius 2 is 2.27 bits per heavy atom. The fourth-order valence-electron chi connectivity index (χ4n) is 3.01. The Morgan fingerprint density at radius 3 is 3.09 bits per heavy atom. The van der Waals surface area contributed by atoms with Crippen molar-refractivity contribution in [2.45, 2.75) is 38.8 Å². The van der Waals surface area contributed by atoms with E-state index in [1.165, 1.54) is 23.2 Å². The van der Waals surface area contributed by atoms with Crippen LogP contribution in [0, 0.1) is 0 Å². The lowest BCUT2D eigenvalue weighted by atomic mass is 9.93. The fraction of sp³-hybridized carbons (Fsp3) is 0.471. The van der Waals surface area contributed by atoms with Gasteiger partial charge in [-0.25, -0.2) is 0 Å². The number of hydrogen-bond acceptors (Lipinski definition) is 4. The van der Waals surface area contributed by atoms with Gasteiger partial charge in [0, 0.05) is 12.6 Å². The molecule has 118 valence electrons. The molecule has 2 aromatic rings. The number of rotatable bonds is 6. The van der Waals surface area contributed by atoms with Crippen molar-refractivity contribution in [3.05, 3.63) is 41.2 Å². The third-order valence-electron chi connectivity index (χ3n) is 4.12. The molecule has 1 unspecified atom stereocenters. The number of hydrogen-bond donors (Lipinski definition) is 2. The van der Waals surface area contributed by atoms with Crippen LogP contribution in [0.4, 0.5) is 0 Å². The molecule has 0 radical (unpaired) electrons. The van der Waals surface area contributed by atoms with Crippen molar-refractivity contribution in [3.63, 3.8) is 0 Å². The number of aromatic amines is 1. The van der Waals surface area contributed by atoms with Crippen LogP contribution in [-0.2, 0) is 13.0 Å². The highest BCUT2D eigenvalue weighted by atomic mass is 16.5. The lowest BCUT2D eigenvalue weighted by Gasteiger charge is -2.23. The predicted molar refractivity (Wildman–Crippen MR) is 85.3 cm³/mol. The summed E-state index contributed by atoms with van der Waals surface area (Å²) in [5.41, 5.74) is 3.77. The minimum absolute atomic E-state index is 0.351. The Hall–Kier alpha value is -2.01. The van der Waals surface area contributed by atoms with Gasteiger partial charge in [0.25, 0.3) is 0 Å². The zero-order valence-corrected chi connectivity index (χ0v) is 13.2. The van der Waals surface area contributed by atoms with E-state index in [2.05, 4.69) is 21.6 Å². The molecule has 2 N–H and O–H groups in total. The number of fused-ring (bicyclic) bond motifs is 1. The van der Waals surface area contributed by atoms with Crippen molar-refractivity contribution >= 4 is 0 Å². The van der Waals surface area contributed by atoms with Crippen LogP contribution < -0.4 is 14.8 Å². The van der Waals surface area contributed by atoms with Crippen LogP contribution in [0.1, 0.15) is 42.6 Å². The van der Waals surface area contributed by atoms with Gasteiger partial charge in [0.2, 0.25) is 0 Å². The summed E-state index contributed by atoms with van der Waals surface area (Å²) in [4.78, 5) is 0. The zero-order chi connectivity index (χ0) is 15.4. The number of methoxy groups -OCH3 is 1. The number of benzene rings is 1. The maximum Gasteiger partial charge on any atom is 0.161 e. The first-order valence-corrected chi connectivity index (χ1v) is 7.87. The van der Waals surface area contributed by atoms with E-state index in [0.717, 1.165) is 30.9 Å². The third-order valence-corrected chi connectivity index (χ3v) is 4.12. The zero-order valence-electron chi connectivity index (χ0n) is 13.2. The molecule has 1 aromatic carbocycles. The molecule has 3 rings (SSSR count). The van der Waals surface area contributed by atoms with Crippen LogP contribution in [0.5, 0.6) is 11.5 Å². The first-order valence-electron chi connectivity index (χ1n) is 7.87. The maximum absolute atomic E-state index is 5.64. The van der Waals surface area contributed by atoms with Gasteiger partial charge in [-0.05, 0) is 49.4 Å². The van der Waals surface area contributed by atoms with Gasteiger partial charge in [0.05, 0.1) is 25.6 Å². The summed E-state index contributed by atoms with van der Waals surface area (Å²) in [7, 11) is 1.66. The summed E-state index contributed by atoms with van der Waals surface area (Å²) in [5.74, 6) is 1.58. The van der Waals surface area contributed by atoms with Crippen LogP contribution in [0.25, 0.3) is 0 Å². The molecule has 22 heavy (non-hydrogen) atoms. The summed E-state index contributed by atoms with van der Waals surface area (Å²) in [6.07, 6.45) is 5.42. The molecule has 0 saturated carbocycles. The molecule has 1 atom stereocenters. The lowest BCUT2D eigenvalue weighted by molar-refractivity contribution is 0.310. The molecule has 0 bridgehead atoms. The molecule has 0 spiro atoms. The van der Waals surface area contributed by atoms with E-state index in [1.807, 2.05) is 25.3 Å². The molecule has 1 heterocycles. The molecule has 0 amide bonds. The second-order valence-electron chi connectivity index (χ2n) is 5.55. The fourth-order valence-corrected chi connectivity index (χ4v) is 3.01. The average molecular weight is 301 g/mol. The first-order chi connectivity index (χ1) is 10.8. The van der Waals surface area contributed by atoms with Gasteiger partial charge < -0.3 is 14.8 Å². The second kappa shape index (κ2) is 6.83. The van der Waals surface area contributed by atoms with Gasteiger partial charge in [-0.3, -0.25) is 5.10 Å². The van der Waals surface area contributed by atoms with Crippen LogP contribution in [0.3, 0.4) is 0 Å². The smallest absolute Gasteiger partial charge is 0.161 e.